The number of alkyl halides is 1. The van der Waals surface area contributed by atoms with Crippen molar-refractivity contribution in [2.75, 3.05) is 7.11 Å². The first-order valence-electron chi connectivity index (χ1n) is 4.70. The molecule has 0 aliphatic carbocycles. The van der Waals surface area contributed by atoms with E-state index >= 15 is 0 Å². The number of methoxy groups -OCH3 is 1. The van der Waals surface area contributed by atoms with Crippen LogP contribution in [0.4, 0.5) is 4.39 Å². The van der Waals surface area contributed by atoms with Crippen LogP contribution in [-0.4, -0.2) is 19.3 Å². The number of carbonyl (C=O) groups is 1. The zero-order chi connectivity index (χ0) is 12.3. The number of nitrogens with two attached hydrogens (primary N) is 1. The Balaban J connectivity index is 3.27. The average Bonchev–Trinajstić information content (AvgIpc) is 2.26. The Morgan fingerprint density at radius 1 is 1.62 bits per heavy atom. The molecule has 1 aromatic carbocycles. The van der Waals surface area contributed by atoms with Gasteiger partial charge in [0.15, 0.2) is 5.54 Å². The molecule has 0 amide bonds. The molecule has 5 heteroatoms. The topological polar surface area (TPSA) is 52.3 Å². The lowest BCUT2D eigenvalue weighted by Gasteiger charge is -2.28. The van der Waals surface area contributed by atoms with Crippen molar-refractivity contribution in [3.63, 3.8) is 0 Å². The Kier molecular flexibility index (Phi) is 4.04. The van der Waals surface area contributed by atoms with Gasteiger partial charge in [0.2, 0.25) is 0 Å². The molecule has 3 nitrogen and oxygen atoms in total. The normalized spacial score (nSPS) is 16.3. The Morgan fingerprint density at radius 3 is 2.69 bits per heavy atom. The number of benzene rings is 1. The van der Waals surface area contributed by atoms with E-state index in [4.69, 9.17) is 5.73 Å². The first kappa shape index (κ1) is 13.1. The van der Waals surface area contributed by atoms with E-state index < -0.39 is 17.7 Å². The summed E-state index contributed by atoms with van der Waals surface area (Å²) in [6.45, 7) is 1.23. The Morgan fingerprint density at radius 2 is 2.25 bits per heavy atom. The van der Waals surface area contributed by atoms with Crippen LogP contribution in [-0.2, 0) is 15.1 Å². The number of ether oxygens (including phenoxy) is 1. The number of esters is 1. The molecule has 0 bridgehead atoms. The molecule has 0 aliphatic rings. The predicted octanol–water partition coefficient (Wildman–Crippen LogP) is 2.13. The molecule has 0 saturated heterocycles. The molecule has 0 aromatic heterocycles. The highest BCUT2D eigenvalue weighted by atomic mass is 79.9. The molecule has 1 aromatic rings. The van der Waals surface area contributed by atoms with Gasteiger partial charge in [0.1, 0.15) is 6.17 Å². The van der Waals surface area contributed by atoms with Gasteiger partial charge in [-0.05, 0) is 24.6 Å². The van der Waals surface area contributed by atoms with Gasteiger partial charge in [0, 0.05) is 4.47 Å². The second-order valence-corrected chi connectivity index (χ2v) is 4.40. The zero-order valence-corrected chi connectivity index (χ0v) is 10.6. The molecule has 1 rings (SSSR count). The summed E-state index contributed by atoms with van der Waals surface area (Å²) in [5, 5.41) is 0. The van der Waals surface area contributed by atoms with Gasteiger partial charge < -0.3 is 10.5 Å². The number of carbonyl (C=O) groups excluding carboxylic acids is 1. The van der Waals surface area contributed by atoms with Gasteiger partial charge in [-0.1, -0.05) is 28.1 Å². The Labute approximate surface area is 102 Å². The molecule has 2 atom stereocenters. The first-order valence-corrected chi connectivity index (χ1v) is 5.49. The quantitative estimate of drug-likeness (QED) is 0.868. The van der Waals surface area contributed by atoms with Gasteiger partial charge in [0.05, 0.1) is 7.11 Å². The molecule has 0 radical (unpaired) electrons. The smallest absolute Gasteiger partial charge is 0.333 e. The fourth-order valence-electron chi connectivity index (χ4n) is 1.42. The molecule has 16 heavy (non-hydrogen) atoms. The van der Waals surface area contributed by atoms with Crippen molar-refractivity contribution in [2.24, 2.45) is 5.73 Å². The SMILES string of the molecule is COC(=O)C(N)(c1cccc(Br)c1)C(C)F. The highest BCUT2D eigenvalue weighted by molar-refractivity contribution is 9.10. The van der Waals surface area contributed by atoms with Gasteiger partial charge in [-0.25, -0.2) is 9.18 Å². The van der Waals surface area contributed by atoms with Crippen LogP contribution in [0.5, 0.6) is 0 Å². The molecule has 88 valence electrons. The summed E-state index contributed by atoms with van der Waals surface area (Å²) in [5.74, 6) is -0.791. The van der Waals surface area contributed by atoms with Crippen molar-refractivity contribution in [2.45, 2.75) is 18.6 Å². The summed E-state index contributed by atoms with van der Waals surface area (Å²) >= 11 is 3.24. The van der Waals surface area contributed by atoms with E-state index in [0.717, 1.165) is 4.47 Å². The second-order valence-electron chi connectivity index (χ2n) is 3.49. The summed E-state index contributed by atoms with van der Waals surface area (Å²) in [5.41, 5.74) is 4.43. The van der Waals surface area contributed by atoms with E-state index in [1.807, 2.05) is 0 Å². The summed E-state index contributed by atoms with van der Waals surface area (Å²) in [6, 6.07) is 6.65. The third kappa shape index (κ3) is 2.25. The number of hydrogen-bond acceptors (Lipinski definition) is 3. The van der Waals surface area contributed by atoms with E-state index in [2.05, 4.69) is 20.7 Å². The molecule has 2 N–H and O–H groups in total. The van der Waals surface area contributed by atoms with Gasteiger partial charge in [-0.2, -0.15) is 0 Å². The Bertz CT molecular complexity index is 397. The minimum absolute atomic E-state index is 0.378. The Hall–Kier alpha value is -0.940. The summed E-state index contributed by atoms with van der Waals surface area (Å²) < 4.78 is 18.8. The molecular formula is C11H13BrFNO2. The highest BCUT2D eigenvalue weighted by Crippen LogP contribution is 2.28. The van der Waals surface area contributed by atoms with Crippen LogP contribution in [0.2, 0.25) is 0 Å². The fraction of sp³-hybridized carbons (Fsp3) is 0.364. The van der Waals surface area contributed by atoms with Crippen LogP contribution in [0.15, 0.2) is 28.7 Å². The van der Waals surface area contributed by atoms with Crippen LogP contribution in [0.1, 0.15) is 12.5 Å². The third-order valence-electron chi connectivity index (χ3n) is 2.45. The highest BCUT2D eigenvalue weighted by Gasteiger charge is 2.43. The predicted molar refractivity (Wildman–Crippen MR) is 62.6 cm³/mol. The second kappa shape index (κ2) is 4.93. The summed E-state index contributed by atoms with van der Waals surface area (Å²) in [4.78, 5) is 11.6. The van der Waals surface area contributed by atoms with Gasteiger partial charge in [-0.15, -0.1) is 0 Å². The minimum atomic E-state index is -1.77. The molecular weight excluding hydrogens is 277 g/mol. The van der Waals surface area contributed by atoms with E-state index in [9.17, 15) is 9.18 Å². The lowest BCUT2D eigenvalue weighted by atomic mass is 9.87. The summed E-state index contributed by atoms with van der Waals surface area (Å²) in [7, 11) is 1.18. The van der Waals surface area contributed by atoms with Gasteiger partial charge >= 0.3 is 5.97 Å². The maximum Gasteiger partial charge on any atom is 0.333 e. The van der Waals surface area contributed by atoms with Crippen molar-refractivity contribution >= 4 is 21.9 Å². The van der Waals surface area contributed by atoms with Crippen molar-refractivity contribution in [1.82, 2.24) is 0 Å². The number of hydrogen-bond donors (Lipinski definition) is 1. The van der Waals surface area contributed by atoms with Crippen molar-refractivity contribution in [3.05, 3.63) is 34.3 Å². The molecule has 0 aliphatic heterocycles. The van der Waals surface area contributed by atoms with E-state index in [0.29, 0.717) is 5.56 Å². The van der Waals surface area contributed by atoms with Gasteiger partial charge in [0.25, 0.3) is 0 Å². The van der Waals surface area contributed by atoms with Crippen LogP contribution >= 0.6 is 15.9 Å². The summed E-state index contributed by atoms with van der Waals surface area (Å²) in [6.07, 6.45) is -1.55. The van der Waals surface area contributed by atoms with Crippen LogP contribution in [0.25, 0.3) is 0 Å². The van der Waals surface area contributed by atoms with Crippen LogP contribution in [0.3, 0.4) is 0 Å². The standard InChI is InChI=1S/C11H13BrFNO2/c1-7(13)11(14,10(15)16-2)8-4-3-5-9(12)6-8/h3-7H,14H2,1-2H3. The molecule has 2 unspecified atom stereocenters. The molecule has 0 fully saturated rings. The zero-order valence-electron chi connectivity index (χ0n) is 9.04. The van der Waals surface area contributed by atoms with Gasteiger partial charge in [-0.3, -0.25) is 0 Å². The lowest BCUT2D eigenvalue weighted by Crippen LogP contribution is -2.52. The maximum absolute atomic E-state index is 13.6. The fourth-order valence-corrected chi connectivity index (χ4v) is 1.82. The van der Waals surface area contributed by atoms with Crippen LogP contribution in [0, 0.1) is 0 Å². The third-order valence-corrected chi connectivity index (χ3v) is 2.95. The number of rotatable bonds is 3. The van der Waals surface area contributed by atoms with Crippen molar-refractivity contribution in [3.8, 4) is 0 Å². The largest absolute Gasteiger partial charge is 0.467 e. The monoisotopic (exact) mass is 289 g/mol. The van der Waals surface area contributed by atoms with Crippen LogP contribution < -0.4 is 5.73 Å². The molecule has 0 spiro atoms. The number of halogens is 2. The van der Waals surface area contributed by atoms with E-state index in [1.165, 1.54) is 14.0 Å². The lowest BCUT2D eigenvalue weighted by molar-refractivity contribution is -0.150. The van der Waals surface area contributed by atoms with E-state index in [1.54, 1.807) is 24.3 Å². The average molecular weight is 290 g/mol. The molecule has 0 saturated carbocycles. The first-order chi connectivity index (χ1) is 7.42. The van der Waals surface area contributed by atoms with Crippen molar-refractivity contribution < 1.29 is 13.9 Å². The molecule has 0 heterocycles. The van der Waals surface area contributed by atoms with E-state index in [-0.39, 0.29) is 0 Å². The van der Waals surface area contributed by atoms with Crippen molar-refractivity contribution in [1.29, 1.82) is 0 Å². The minimum Gasteiger partial charge on any atom is -0.467 e. The maximum atomic E-state index is 13.6.